The summed E-state index contributed by atoms with van der Waals surface area (Å²) in [5.41, 5.74) is 0. The summed E-state index contributed by atoms with van der Waals surface area (Å²) >= 11 is 0. The Labute approximate surface area is 84.6 Å². The van der Waals surface area contributed by atoms with Gasteiger partial charge in [0.25, 0.3) is 0 Å². The number of hydrogen-bond acceptors (Lipinski definition) is 4. The molecule has 5 N–H and O–H groups in total. The molecule has 0 bridgehead atoms. The van der Waals surface area contributed by atoms with Crippen LogP contribution in [0.4, 0.5) is 0 Å². The Morgan fingerprint density at radius 2 is 1.57 bits per heavy atom. The quantitative estimate of drug-likeness (QED) is 0.190. The maximum Gasteiger partial charge on any atom is 1.00 e. The van der Waals surface area contributed by atoms with E-state index in [1.54, 1.807) is 0 Å². The van der Waals surface area contributed by atoms with Crippen LogP contribution < -0.4 is 51.4 Å². The molecule has 0 radical (unpaired) electrons. The van der Waals surface area contributed by atoms with E-state index in [2.05, 4.69) is 4.81 Å². The maximum atomic E-state index is 7.44. The molecule has 0 saturated carbocycles. The van der Waals surface area contributed by atoms with Crippen molar-refractivity contribution in [1.29, 1.82) is 0 Å². The molecule has 0 amide bonds. The minimum Gasteiger partial charge on any atom is -1.00 e. The van der Waals surface area contributed by atoms with Gasteiger partial charge in [-0.3, -0.25) is 5.26 Å². The van der Waals surface area contributed by atoms with Crippen LogP contribution in [0.3, 0.4) is 0 Å². The van der Waals surface area contributed by atoms with E-state index in [1.165, 1.54) is 0 Å². The fraction of sp³-hybridized carbons (Fsp3) is 0. The maximum absolute atomic E-state index is 7.44. The van der Waals surface area contributed by atoms with Gasteiger partial charge in [0.15, 0.2) is 0 Å². The van der Waals surface area contributed by atoms with E-state index in [0.29, 0.717) is 0 Å². The van der Waals surface area contributed by atoms with E-state index in [1.807, 2.05) is 0 Å². The van der Waals surface area contributed by atoms with Crippen molar-refractivity contribution in [1.82, 2.24) is 0 Å². The molecule has 0 aromatic carbocycles. The average molecular weight is 136 g/mol. The summed E-state index contributed by atoms with van der Waals surface area (Å²) in [6, 6.07) is 0. The van der Waals surface area contributed by atoms with Crippen molar-refractivity contribution in [2.45, 2.75) is 0 Å². The Morgan fingerprint density at radius 1 is 1.43 bits per heavy atom. The van der Waals surface area contributed by atoms with Crippen molar-refractivity contribution < 1.29 is 78.4 Å². The standard InChI is InChI=1S/BH3O4.K.H2O.H/c2-1(3)5-4;;;/h2-4H;;1H2;/q;+1;;-1. The number of hydrogen-bond donors (Lipinski definition) is 3. The van der Waals surface area contributed by atoms with E-state index in [9.17, 15) is 0 Å². The molecule has 0 aliphatic heterocycles. The van der Waals surface area contributed by atoms with Crippen LogP contribution in [0, 0.1) is 0 Å². The van der Waals surface area contributed by atoms with Gasteiger partial charge < -0.3 is 17.0 Å². The Hall–Kier alpha value is 1.50. The van der Waals surface area contributed by atoms with E-state index in [-0.39, 0.29) is 58.3 Å². The monoisotopic (exact) mass is 136 g/mol. The summed E-state index contributed by atoms with van der Waals surface area (Å²) in [5.74, 6) is 0. The topological polar surface area (TPSA) is 101 Å². The number of rotatable bonds is 1. The van der Waals surface area contributed by atoms with Gasteiger partial charge in [-0.25, -0.2) is 4.81 Å². The van der Waals surface area contributed by atoms with Crippen LogP contribution >= 0.6 is 0 Å². The summed E-state index contributed by atoms with van der Waals surface area (Å²) in [7, 11) is -2.06. The van der Waals surface area contributed by atoms with Gasteiger partial charge in [0.2, 0.25) is 0 Å². The van der Waals surface area contributed by atoms with E-state index >= 15 is 0 Å². The second-order valence-electron chi connectivity index (χ2n) is 0.432. The van der Waals surface area contributed by atoms with Crippen LogP contribution in [0.25, 0.3) is 0 Å². The SMILES string of the molecule is O.OOB(O)O.[H-].[K+]. The summed E-state index contributed by atoms with van der Waals surface area (Å²) in [5, 5.41) is 22.0. The van der Waals surface area contributed by atoms with Crippen molar-refractivity contribution >= 4 is 7.32 Å². The molecule has 40 valence electrons. The van der Waals surface area contributed by atoms with Gasteiger partial charge in [0.05, 0.1) is 0 Å². The van der Waals surface area contributed by atoms with Gasteiger partial charge in [-0.15, -0.1) is 0 Å². The molecular weight excluding hydrogens is 130 g/mol. The van der Waals surface area contributed by atoms with Gasteiger partial charge >= 0.3 is 58.7 Å². The van der Waals surface area contributed by atoms with Gasteiger partial charge in [-0.05, 0) is 0 Å². The Kier molecular flexibility index (Phi) is 23.7. The minimum atomic E-state index is -2.06. The molecule has 0 heterocycles. The van der Waals surface area contributed by atoms with E-state index in [0.717, 1.165) is 0 Å². The first-order valence-corrected chi connectivity index (χ1v) is 0.935. The summed E-state index contributed by atoms with van der Waals surface area (Å²) < 4.78 is 0. The summed E-state index contributed by atoms with van der Waals surface area (Å²) in [6.45, 7) is 0. The third-order valence-electron chi connectivity index (χ3n) is 0.0943. The normalized spacial score (nSPS) is 5.57. The van der Waals surface area contributed by atoms with Crippen molar-refractivity contribution in [2.75, 3.05) is 0 Å². The molecule has 0 aliphatic rings. The first-order chi connectivity index (χ1) is 2.27. The molecule has 0 aliphatic carbocycles. The zero-order valence-electron chi connectivity index (χ0n) is 4.83. The Morgan fingerprint density at radius 3 is 1.57 bits per heavy atom. The van der Waals surface area contributed by atoms with Crippen LogP contribution in [0.5, 0.6) is 0 Å². The van der Waals surface area contributed by atoms with Gasteiger partial charge in [0, 0.05) is 0 Å². The van der Waals surface area contributed by atoms with Crippen LogP contribution in [-0.2, 0) is 4.81 Å². The zero-order valence-corrected chi connectivity index (χ0v) is 6.95. The predicted octanol–water partition coefficient (Wildman–Crippen LogP) is -5.26. The zero-order chi connectivity index (χ0) is 4.28. The minimum absolute atomic E-state index is 0. The van der Waals surface area contributed by atoms with Crippen molar-refractivity contribution in [3.63, 3.8) is 0 Å². The third-order valence-corrected chi connectivity index (χ3v) is 0.0943. The van der Waals surface area contributed by atoms with Crippen LogP contribution in [-0.4, -0.2) is 28.1 Å². The second-order valence-corrected chi connectivity index (χ2v) is 0.432. The largest absolute Gasteiger partial charge is 1.00 e. The molecule has 7 heavy (non-hydrogen) atoms. The van der Waals surface area contributed by atoms with Crippen molar-refractivity contribution in [2.24, 2.45) is 0 Å². The molecule has 0 fully saturated rings. The smallest absolute Gasteiger partial charge is 1.00 e. The fourth-order valence-corrected chi connectivity index (χ4v) is 0. The molecule has 0 saturated heterocycles. The fourth-order valence-electron chi connectivity index (χ4n) is 0. The average Bonchev–Trinajstić information content (AvgIpc) is 1.38. The van der Waals surface area contributed by atoms with Gasteiger partial charge in [-0.1, -0.05) is 0 Å². The molecule has 0 atom stereocenters. The van der Waals surface area contributed by atoms with E-state index < -0.39 is 7.32 Å². The molecule has 0 unspecified atom stereocenters. The van der Waals surface area contributed by atoms with Crippen molar-refractivity contribution in [3.8, 4) is 0 Å². The molecule has 0 aromatic rings. The van der Waals surface area contributed by atoms with E-state index in [4.69, 9.17) is 15.3 Å². The summed E-state index contributed by atoms with van der Waals surface area (Å²) in [6.07, 6.45) is 0. The molecule has 7 heteroatoms. The predicted molar refractivity (Wildman–Crippen MR) is 18.6 cm³/mol. The molecule has 0 rings (SSSR count). The van der Waals surface area contributed by atoms with Crippen molar-refractivity contribution in [3.05, 3.63) is 0 Å². The van der Waals surface area contributed by atoms with Gasteiger partial charge in [-0.2, -0.15) is 0 Å². The Bertz CT molecular complexity index is 26.4. The van der Waals surface area contributed by atoms with Gasteiger partial charge in [0.1, 0.15) is 0 Å². The van der Waals surface area contributed by atoms with Crippen LogP contribution in [0.15, 0.2) is 0 Å². The molecule has 0 spiro atoms. The molecule has 5 nitrogen and oxygen atoms in total. The van der Waals surface area contributed by atoms with Crippen LogP contribution in [0.1, 0.15) is 1.43 Å². The third kappa shape index (κ3) is 18.5. The van der Waals surface area contributed by atoms with Crippen LogP contribution in [0.2, 0.25) is 0 Å². The first kappa shape index (κ1) is 15.8. The second kappa shape index (κ2) is 10.5. The molecular formula is H6BKO5. The Balaban J connectivity index is -0.0000000267. The summed E-state index contributed by atoms with van der Waals surface area (Å²) in [4.78, 5) is 2.86. The first-order valence-electron chi connectivity index (χ1n) is 0.935. The molecule has 0 aromatic heterocycles.